The molecule has 2 amide bonds. The molecule has 0 radical (unpaired) electrons. The molecule has 10 nitrogen and oxygen atoms in total. The van der Waals surface area contributed by atoms with Crippen LogP contribution in [-0.2, 0) is 21.5 Å². The zero-order chi connectivity index (χ0) is 24.5. The van der Waals surface area contributed by atoms with E-state index in [-0.39, 0.29) is 36.2 Å². The molecule has 1 saturated heterocycles. The number of hydrogen-bond donors (Lipinski definition) is 3. The van der Waals surface area contributed by atoms with Crippen LogP contribution in [0.1, 0.15) is 50.3 Å². The van der Waals surface area contributed by atoms with Gasteiger partial charge in [-0.2, -0.15) is 0 Å². The Balaban J connectivity index is 1.31. The van der Waals surface area contributed by atoms with Crippen LogP contribution in [0, 0.1) is 24.5 Å². The molecule has 0 unspecified atom stereocenters. The summed E-state index contributed by atoms with van der Waals surface area (Å²) in [6, 6.07) is 3.13. The lowest BCUT2D eigenvalue weighted by Gasteiger charge is -2.39. The van der Waals surface area contributed by atoms with E-state index in [1.807, 2.05) is 4.57 Å². The minimum Gasteiger partial charge on any atom is -0.376 e. The van der Waals surface area contributed by atoms with Crippen molar-refractivity contribution in [2.75, 3.05) is 18.5 Å². The minimum absolute atomic E-state index is 0.0699. The minimum atomic E-state index is -1.09. The number of benzene rings is 1. The summed E-state index contributed by atoms with van der Waals surface area (Å²) in [4.78, 5) is 39.7. The van der Waals surface area contributed by atoms with Crippen LogP contribution in [0.25, 0.3) is 0 Å². The molecular weight excluding hydrogens is 462 g/mol. The number of amides is 2. The number of anilines is 1. The van der Waals surface area contributed by atoms with Crippen LogP contribution in [0.15, 0.2) is 24.4 Å². The molecule has 4 heterocycles. The Kier molecular flexibility index (Phi) is 4.65. The number of nitrogens with one attached hydrogen (secondary N) is 3. The van der Waals surface area contributed by atoms with Crippen LogP contribution < -0.4 is 10.6 Å². The number of H-pyrrole nitrogens is 1. The van der Waals surface area contributed by atoms with Crippen molar-refractivity contribution in [3.63, 3.8) is 0 Å². The van der Waals surface area contributed by atoms with Gasteiger partial charge in [-0.3, -0.25) is 19.5 Å². The van der Waals surface area contributed by atoms with E-state index in [0.717, 1.165) is 18.6 Å². The van der Waals surface area contributed by atoms with Crippen molar-refractivity contribution in [2.45, 2.75) is 31.3 Å². The molecule has 35 heavy (non-hydrogen) atoms. The molecule has 1 saturated carbocycles. The van der Waals surface area contributed by atoms with Gasteiger partial charge < -0.3 is 19.9 Å². The summed E-state index contributed by atoms with van der Waals surface area (Å²) >= 11 is 0. The van der Waals surface area contributed by atoms with E-state index < -0.39 is 34.8 Å². The highest BCUT2D eigenvalue weighted by atomic mass is 19.2. The van der Waals surface area contributed by atoms with Gasteiger partial charge in [-0.1, -0.05) is 5.21 Å². The third-order valence-corrected chi connectivity index (χ3v) is 7.01. The maximum absolute atomic E-state index is 13.6. The van der Waals surface area contributed by atoms with Crippen LogP contribution >= 0.6 is 0 Å². The van der Waals surface area contributed by atoms with Crippen LogP contribution in [0.4, 0.5) is 14.5 Å². The van der Waals surface area contributed by atoms with E-state index in [1.165, 1.54) is 12.3 Å². The molecular formula is C23H20F2N6O4. The van der Waals surface area contributed by atoms with Crippen molar-refractivity contribution in [3.8, 4) is 0 Å². The number of fused-ring (bicyclic) bond motifs is 3. The van der Waals surface area contributed by atoms with E-state index in [4.69, 9.17) is 4.74 Å². The number of Topliss-reactive ketones (excluding diaryl/α,β-unsaturated/α-hetero) is 1. The number of halogens is 2. The first-order chi connectivity index (χ1) is 16.8. The average Bonchev–Trinajstić information content (AvgIpc) is 3.12. The normalized spacial score (nSPS) is 21.0. The van der Waals surface area contributed by atoms with E-state index in [0.29, 0.717) is 29.3 Å². The molecule has 6 rings (SSSR count). The van der Waals surface area contributed by atoms with Crippen molar-refractivity contribution in [3.05, 3.63) is 64.2 Å². The van der Waals surface area contributed by atoms with Crippen LogP contribution in [0.2, 0.25) is 0 Å². The number of hydrogen-bond acceptors (Lipinski definition) is 6. The number of ether oxygens (including phenoxy) is 1. The van der Waals surface area contributed by atoms with Gasteiger partial charge in [0, 0.05) is 29.7 Å². The molecule has 2 atom stereocenters. The summed E-state index contributed by atoms with van der Waals surface area (Å²) in [5, 5.41) is 15.5. The number of aromatic amines is 1. The zero-order valence-corrected chi connectivity index (χ0v) is 18.5. The molecule has 0 spiro atoms. The predicted molar refractivity (Wildman–Crippen MR) is 116 cm³/mol. The topological polar surface area (TPSA) is 131 Å². The Bertz CT molecular complexity index is 1400. The van der Waals surface area contributed by atoms with E-state index >= 15 is 0 Å². The van der Waals surface area contributed by atoms with Crippen LogP contribution in [0.5, 0.6) is 0 Å². The third kappa shape index (κ3) is 3.27. The van der Waals surface area contributed by atoms with Gasteiger partial charge in [-0.15, -0.1) is 5.10 Å². The van der Waals surface area contributed by atoms with Crippen molar-refractivity contribution >= 4 is 23.3 Å². The van der Waals surface area contributed by atoms with Gasteiger partial charge in [-0.25, -0.2) is 8.78 Å². The van der Waals surface area contributed by atoms with Gasteiger partial charge in [0.2, 0.25) is 0 Å². The average molecular weight is 482 g/mol. The quantitative estimate of drug-likeness (QED) is 0.363. The number of carbonyl (C=O) groups excluding carboxylic acids is 3. The van der Waals surface area contributed by atoms with Gasteiger partial charge >= 0.3 is 0 Å². The largest absolute Gasteiger partial charge is 0.376 e. The predicted octanol–water partition coefficient (Wildman–Crippen LogP) is 1.79. The Labute approximate surface area is 197 Å². The second-order valence-corrected chi connectivity index (χ2v) is 9.23. The van der Waals surface area contributed by atoms with Crippen molar-refractivity contribution < 1.29 is 27.9 Å². The monoisotopic (exact) mass is 482 g/mol. The smallest absolute Gasteiger partial charge is 0.293 e. The van der Waals surface area contributed by atoms with Gasteiger partial charge in [-0.05, 0) is 43.4 Å². The fourth-order valence-electron chi connectivity index (χ4n) is 5.11. The lowest BCUT2D eigenvalue weighted by Crippen LogP contribution is -2.60. The molecule has 0 bridgehead atoms. The van der Waals surface area contributed by atoms with E-state index in [2.05, 4.69) is 26.0 Å². The highest BCUT2D eigenvalue weighted by Crippen LogP contribution is 2.54. The molecule has 3 aliphatic rings. The first kappa shape index (κ1) is 21.6. The number of rotatable bonds is 6. The number of ketones is 1. The first-order valence-electron chi connectivity index (χ1n) is 11.1. The Morgan fingerprint density at radius 2 is 2.03 bits per heavy atom. The highest BCUT2D eigenvalue weighted by Gasteiger charge is 2.51. The van der Waals surface area contributed by atoms with Gasteiger partial charge in [0.1, 0.15) is 16.9 Å². The fraction of sp³-hybridized carbons (Fsp3) is 0.348. The third-order valence-electron chi connectivity index (χ3n) is 7.01. The molecule has 2 aliphatic heterocycles. The Morgan fingerprint density at radius 1 is 1.23 bits per heavy atom. The molecule has 180 valence electrons. The molecule has 1 aromatic carbocycles. The molecule has 2 fully saturated rings. The zero-order valence-electron chi connectivity index (χ0n) is 18.5. The number of carbonyl (C=O) groups is 3. The van der Waals surface area contributed by atoms with Gasteiger partial charge in [0.25, 0.3) is 17.6 Å². The van der Waals surface area contributed by atoms with Crippen LogP contribution in [0.3, 0.4) is 0 Å². The summed E-state index contributed by atoms with van der Waals surface area (Å²) in [5.74, 6) is -3.96. The van der Waals surface area contributed by atoms with Gasteiger partial charge in [0.05, 0.1) is 18.8 Å². The molecule has 3 N–H and O–H groups in total. The Morgan fingerprint density at radius 3 is 2.69 bits per heavy atom. The lowest BCUT2D eigenvalue weighted by molar-refractivity contribution is -0.130. The number of aromatic nitrogens is 4. The van der Waals surface area contributed by atoms with Gasteiger partial charge in [0.15, 0.2) is 11.6 Å². The summed E-state index contributed by atoms with van der Waals surface area (Å²) < 4.78 is 34.0. The van der Waals surface area contributed by atoms with Crippen molar-refractivity contribution in [1.82, 2.24) is 25.3 Å². The summed E-state index contributed by atoms with van der Waals surface area (Å²) in [5.41, 5.74) is 1.03. The van der Waals surface area contributed by atoms with Crippen LogP contribution in [-0.4, -0.2) is 50.8 Å². The molecule has 1 aliphatic carbocycles. The highest BCUT2D eigenvalue weighted by molar-refractivity contribution is 6.44. The van der Waals surface area contributed by atoms with Crippen molar-refractivity contribution in [2.24, 2.45) is 5.92 Å². The second kappa shape index (κ2) is 7.54. The Hall–Kier alpha value is -3.93. The van der Waals surface area contributed by atoms with E-state index in [1.54, 1.807) is 6.92 Å². The fourth-order valence-corrected chi connectivity index (χ4v) is 5.11. The molecule has 3 aromatic rings. The first-order valence-corrected chi connectivity index (χ1v) is 11.1. The molecule has 2 aromatic heterocycles. The molecule has 12 heteroatoms. The summed E-state index contributed by atoms with van der Waals surface area (Å²) in [7, 11) is 0. The van der Waals surface area contributed by atoms with Crippen molar-refractivity contribution in [1.29, 1.82) is 0 Å². The van der Waals surface area contributed by atoms with E-state index in [9.17, 15) is 23.2 Å². The maximum Gasteiger partial charge on any atom is 0.293 e. The standard InChI is InChI=1S/C23H20F2N6O4/c1-10-18(20(32)22(34)28-23(8-35-9-23)17-7-26-30-29-17)16-5-11-4-15(11)31(16)19(10)21(33)27-12-2-3-13(24)14(25)6-12/h2-3,6-7,11,15H,4-5,8-9H2,1H3,(H,27,33)(H,28,34)(H,26,29,30)/t11-,15-/m1/s1. The maximum atomic E-state index is 13.6. The lowest BCUT2D eigenvalue weighted by atomic mass is 9.92. The summed E-state index contributed by atoms with van der Waals surface area (Å²) in [6.07, 6.45) is 2.98. The SMILES string of the molecule is Cc1c(C(=O)C(=O)NC2(c3c[nH]nn3)COC2)c2n(c1C(=O)Nc1ccc(F)c(F)c1)[C@@H]1C[C@@H]1C2. The number of nitrogens with zero attached hydrogens (tertiary/aromatic N) is 3. The summed E-state index contributed by atoms with van der Waals surface area (Å²) in [6.45, 7) is 1.91. The second-order valence-electron chi connectivity index (χ2n) is 9.23.